The number of halogens is 1. The van der Waals surface area contributed by atoms with Gasteiger partial charge in [-0.25, -0.2) is 9.97 Å². The van der Waals surface area contributed by atoms with E-state index in [9.17, 15) is 4.79 Å². The van der Waals surface area contributed by atoms with Crippen molar-refractivity contribution >= 4 is 41.8 Å². The van der Waals surface area contributed by atoms with Gasteiger partial charge in [0.25, 0.3) is 0 Å². The second-order valence-electron chi connectivity index (χ2n) is 8.50. The highest BCUT2D eigenvalue weighted by molar-refractivity contribution is 14.0. The molecule has 1 aliphatic carbocycles. The minimum absolute atomic E-state index is 0. The van der Waals surface area contributed by atoms with Crippen LogP contribution in [0.5, 0.6) is 0 Å². The van der Waals surface area contributed by atoms with Crippen LogP contribution in [0.2, 0.25) is 0 Å². The van der Waals surface area contributed by atoms with E-state index in [0.29, 0.717) is 26.1 Å². The van der Waals surface area contributed by atoms with Crippen molar-refractivity contribution in [3.63, 3.8) is 0 Å². The maximum absolute atomic E-state index is 12.6. The molecule has 2 heterocycles. The van der Waals surface area contributed by atoms with Crippen LogP contribution >= 0.6 is 24.0 Å². The lowest BCUT2D eigenvalue weighted by Gasteiger charge is -2.34. The van der Waals surface area contributed by atoms with Crippen molar-refractivity contribution in [1.29, 1.82) is 0 Å². The summed E-state index contributed by atoms with van der Waals surface area (Å²) in [5.74, 6) is 2.66. The minimum Gasteiger partial charge on any atom is -0.357 e. The average Bonchev–Trinajstić information content (AvgIpc) is 2.83. The van der Waals surface area contributed by atoms with E-state index >= 15 is 0 Å². The summed E-state index contributed by atoms with van der Waals surface area (Å²) in [6, 6.07) is 1.82. The Bertz CT molecular complexity index is 674. The van der Waals surface area contributed by atoms with E-state index in [2.05, 4.69) is 32.4 Å². The molecule has 1 amide bonds. The van der Waals surface area contributed by atoms with Gasteiger partial charge in [0.05, 0.1) is 0 Å². The number of amides is 1. The Morgan fingerprint density at radius 2 is 1.81 bits per heavy atom. The smallest absolute Gasteiger partial charge is 0.225 e. The molecule has 3 rings (SSSR count). The van der Waals surface area contributed by atoms with Crippen LogP contribution in [0.15, 0.2) is 23.5 Å². The molecule has 2 aliphatic rings. The lowest BCUT2D eigenvalue weighted by Crippen LogP contribution is -2.50. The Balaban J connectivity index is 0.00000363. The van der Waals surface area contributed by atoms with Gasteiger partial charge in [-0.2, -0.15) is 0 Å². The van der Waals surface area contributed by atoms with Crippen LogP contribution in [0.25, 0.3) is 0 Å². The zero-order chi connectivity index (χ0) is 21.7. The lowest BCUT2D eigenvalue weighted by atomic mass is 9.86. The van der Waals surface area contributed by atoms with Crippen LogP contribution in [-0.2, 0) is 4.79 Å². The first kappa shape index (κ1) is 26.6. The van der Waals surface area contributed by atoms with E-state index in [1.807, 2.05) is 11.0 Å². The molecule has 2 fully saturated rings. The molecule has 1 aromatic heterocycles. The molecule has 0 unspecified atom stereocenters. The zero-order valence-electron chi connectivity index (χ0n) is 19.5. The van der Waals surface area contributed by atoms with E-state index in [1.54, 1.807) is 12.4 Å². The Kier molecular flexibility index (Phi) is 12.7. The van der Waals surface area contributed by atoms with Crippen molar-refractivity contribution in [3.8, 4) is 0 Å². The van der Waals surface area contributed by atoms with Gasteiger partial charge in [0.2, 0.25) is 11.9 Å². The van der Waals surface area contributed by atoms with Crippen LogP contribution in [0.3, 0.4) is 0 Å². The first-order valence-electron chi connectivity index (χ1n) is 12.1. The number of hydrogen-bond donors (Lipinski definition) is 2. The Morgan fingerprint density at radius 3 is 2.50 bits per heavy atom. The molecular formula is C23H40IN7O. The second kappa shape index (κ2) is 15.2. The van der Waals surface area contributed by atoms with Crippen molar-refractivity contribution in [2.24, 2.45) is 10.9 Å². The summed E-state index contributed by atoms with van der Waals surface area (Å²) in [5.41, 5.74) is 0. The van der Waals surface area contributed by atoms with Crippen LogP contribution in [0.4, 0.5) is 5.95 Å². The fourth-order valence-electron chi connectivity index (χ4n) is 4.44. The molecular weight excluding hydrogens is 517 g/mol. The summed E-state index contributed by atoms with van der Waals surface area (Å²) >= 11 is 0. The number of piperazine rings is 1. The summed E-state index contributed by atoms with van der Waals surface area (Å²) in [5, 5.41) is 6.62. The lowest BCUT2D eigenvalue weighted by molar-refractivity contribution is -0.131. The number of nitrogens with zero attached hydrogens (tertiary/aromatic N) is 5. The molecule has 8 nitrogen and oxygen atoms in total. The Morgan fingerprint density at radius 1 is 1.09 bits per heavy atom. The van der Waals surface area contributed by atoms with Gasteiger partial charge < -0.3 is 20.4 Å². The largest absolute Gasteiger partial charge is 0.357 e. The number of carbonyl (C=O) groups is 1. The normalized spacial score (nSPS) is 17.6. The molecule has 2 N–H and O–H groups in total. The third kappa shape index (κ3) is 9.07. The van der Waals surface area contributed by atoms with Gasteiger partial charge in [0.1, 0.15) is 0 Å². The van der Waals surface area contributed by atoms with E-state index < -0.39 is 0 Å². The number of hydrogen-bond acceptors (Lipinski definition) is 5. The summed E-state index contributed by atoms with van der Waals surface area (Å²) in [4.78, 5) is 30.0. The number of aromatic nitrogens is 2. The number of aliphatic imine (C=N–C) groups is 1. The third-order valence-corrected chi connectivity index (χ3v) is 6.21. The van der Waals surface area contributed by atoms with Crippen LogP contribution in [0.1, 0.15) is 58.3 Å². The molecule has 180 valence electrons. The summed E-state index contributed by atoms with van der Waals surface area (Å²) < 4.78 is 0. The van der Waals surface area contributed by atoms with Gasteiger partial charge in [-0.1, -0.05) is 32.1 Å². The molecule has 0 bridgehead atoms. The van der Waals surface area contributed by atoms with Crippen molar-refractivity contribution in [2.45, 2.75) is 58.3 Å². The van der Waals surface area contributed by atoms with Crippen molar-refractivity contribution in [2.75, 3.05) is 50.7 Å². The van der Waals surface area contributed by atoms with Crippen LogP contribution < -0.4 is 15.5 Å². The standard InChI is InChI=1S/C23H39N7O.HI/c1-2-24-22(25-12-6-10-20-8-4-3-5-9-20)26-15-11-21(31)29-16-18-30(19-17-29)23-27-13-7-14-28-23;/h7,13-14,20H,2-6,8-12,15-19H2,1H3,(H2,24,25,26);1H. The molecule has 1 aromatic rings. The maximum Gasteiger partial charge on any atom is 0.225 e. The molecule has 9 heteroatoms. The SMILES string of the molecule is CCNC(=NCCCC1CCCCC1)NCCC(=O)N1CCN(c2ncccn2)CC1.I. The number of nitrogens with one attached hydrogen (secondary N) is 2. The van der Waals surface area contributed by atoms with E-state index in [4.69, 9.17) is 4.99 Å². The molecule has 1 aliphatic heterocycles. The fraction of sp³-hybridized carbons (Fsp3) is 0.739. The summed E-state index contributed by atoms with van der Waals surface area (Å²) in [7, 11) is 0. The van der Waals surface area contributed by atoms with Gasteiger partial charge in [0, 0.05) is 64.6 Å². The van der Waals surface area contributed by atoms with Gasteiger partial charge in [0.15, 0.2) is 5.96 Å². The molecule has 0 spiro atoms. The van der Waals surface area contributed by atoms with Crippen LogP contribution in [0, 0.1) is 5.92 Å². The van der Waals surface area contributed by atoms with Gasteiger partial charge >= 0.3 is 0 Å². The number of guanidine groups is 1. The fourth-order valence-corrected chi connectivity index (χ4v) is 4.44. The Labute approximate surface area is 210 Å². The van der Waals surface area contributed by atoms with Crippen molar-refractivity contribution in [3.05, 3.63) is 18.5 Å². The van der Waals surface area contributed by atoms with Crippen molar-refractivity contribution in [1.82, 2.24) is 25.5 Å². The highest BCUT2D eigenvalue weighted by Gasteiger charge is 2.22. The topological polar surface area (TPSA) is 85.8 Å². The average molecular weight is 558 g/mol. The highest BCUT2D eigenvalue weighted by Crippen LogP contribution is 2.27. The Hall–Kier alpha value is -1.65. The first-order chi connectivity index (χ1) is 15.3. The number of anilines is 1. The number of rotatable bonds is 9. The molecule has 1 saturated carbocycles. The first-order valence-corrected chi connectivity index (χ1v) is 12.1. The predicted molar refractivity (Wildman–Crippen MR) is 141 cm³/mol. The predicted octanol–water partition coefficient (Wildman–Crippen LogP) is 3.05. The van der Waals surface area contributed by atoms with E-state index in [-0.39, 0.29) is 29.9 Å². The highest BCUT2D eigenvalue weighted by atomic mass is 127. The third-order valence-electron chi connectivity index (χ3n) is 6.21. The van der Waals surface area contributed by atoms with Gasteiger partial charge in [-0.15, -0.1) is 24.0 Å². The molecule has 1 saturated heterocycles. The zero-order valence-corrected chi connectivity index (χ0v) is 21.8. The maximum atomic E-state index is 12.6. The van der Waals surface area contributed by atoms with E-state index in [0.717, 1.165) is 50.4 Å². The molecule has 0 radical (unpaired) electrons. The van der Waals surface area contributed by atoms with E-state index in [1.165, 1.54) is 38.5 Å². The molecule has 0 aromatic carbocycles. The quantitative estimate of drug-likeness (QED) is 0.210. The molecule has 32 heavy (non-hydrogen) atoms. The summed E-state index contributed by atoms with van der Waals surface area (Å²) in [6.45, 7) is 7.33. The van der Waals surface area contributed by atoms with Gasteiger partial charge in [-0.05, 0) is 31.7 Å². The minimum atomic E-state index is 0. The van der Waals surface area contributed by atoms with Crippen molar-refractivity contribution < 1.29 is 4.79 Å². The second-order valence-corrected chi connectivity index (χ2v) is 8.50. The number of carbonyl (C=O) groups excluding carboxylic acids is 1. The summed E-state index contributed by atoms with van der Waals surface area (Å²) in [6.07, 6.45) is 13.5. The van der Waals surface area contributed by atoms with Gasteiger partial charge in [-0.3, -0.25) is 9.79 Å². The van der Waals surface area contributed by atoms with Crippen LogP contribution in [-0.4, -0.2) is 72.5 Å². The molecule has 0 atom stereocenters. The monoisotopic (exact) mass is 557 g/mol.